The van der Waals surface area contributed by atoms with Crippen LogP contribution in [0.5, 0.6) is 0 Å². The lowest BCUT2D eigenvalue weighted by Crippen LogP contribution is -2.56. The van der Waals surface area contributed by atoms with Gasteiger partial charge in [0.05, 0.1) is 18.4 Å². The van der Waals surface area contributed by atoms with Crippen molar-refractivity contribution in [2.24, 2.45) is 12.5 Å². The zero-order valence-electron chi connectivity index (χ0n) is 18.9. The van der Waals surface area contributed by atoms with Crippen LogP contribution in [0, 0.1) is 5.41 Å². The van der Waals surface area contributed by atoms with Gasteiger partial charge >= 0.3 is 0 Å². The third-order valence-corrected chi connectivity index (χ3v) is 6.25. The maximum atomic E-state index is 13.1. The van der Waals surface area contributed by atoms with Crippen molar-refractivity contribution in [1.29, 1.82) is 0 Å². The summed E-state index contributed by atoms with van der Waals surface area (Å²) < 4.78 is 1.72. The first-order valence-electron chi connectivity index (χ1n) is 10.9. The number of carbonyl (C=O) groups excluding carboxylic acids is 1. The summed E-state index contributed by atoms with van der Waals surface area (Å²) in [6.07, 6.45) is 5.40. The summed E-state index contributed by atoms with van der Waals surface area (Å²) in [5, 5.41) is 16.6. The van der Waals surface area contributed by atoms with E-state index in [1.165, 1.54) is 0 Å². The van der Waals surface area contributed by atoms with Gasteiger partial charge in [-0.05, 0) is 23.6 Å². The molecule has 2 aliphatic rings. The number of nitrogens with one attached hydrogen (secondary N) is 1. The summed E-state index contributed by atoms with van der Waals surface area (Å²) in [5.74, 6) is 1.32. The van der Waals surface area contributed by atoms with Gasteiger partial charge < -0.3 is 10.2 Å². The quantitative estimate of drug-likeness (QED) is 0.679. The van der Waals surface area contributed by atoms with Crippen molar-refractivity contribution in [3.8, 4) is 11.3 Å². The smallest absolute Gasteiger partial charge is 0.260 e. The molecule has 0 unspecified atom stereocenters. The van der Waals surface area contributed by atoms with Crippen molar-refractivity contribution in [3.05, 3.63) is 47.9 Å². The lowest BCUT2D eigenvalue weighted by Gasteiger charge is -2.40. The minimum Gasteiger partial charge on any atom is -0.352 e. The van der Waals surface area contributed by atoms with Crippen molar-refractivity contribution in [3.63, 3.8) is 0 Å². The van der Waals surface area contributed by atoms with E-state index in [0.717, 1.165) is 42.3 Å². The van der Waals surface area contributed by atoms with Gasteiger partial charge in [0, 0.05) is 61.8 Å². The third-order valence-electron chi connectivity index (χ3n) is 6.25. The van der Waals surface area contributed by atoms with Crippen molar-refractivity contribution in [1.82, 2.24) is 30.3 Å². The van der Waals surface area contributed by atoms with Crippen LogP contribution in [0.2, 0.25) is 0 Å². The molecule has 2 aliphatic heterocycles. The molecule has 9 nitrogen and oxygen atoms in total. The highest BCUT2D eigenvalue weighted by molar-refractivity contribution is 6.09. The fourth-order valence-corrected chi connectivity index (χ4v) is 4.26. The standard InChI is InChI=1S/C23H28N8O/c1-23(2,3)19-14-30(8-7-24-19)20-5-6-21(28-27-20)31-13-15-10-25-18(9-17(15)22(31)32)16-11-26-29(4)12-16/h5-6,9-12,19,24H,7-8,13-14H2,1-4H3/t19-/m1/s1. The Morgan fingerprint density at radius 1 is 1.12 bits per heavy atom. The second-order valence-electron chi connectivity index (χ2n) is 9.59. The number of nitrogens with zero attached hydrogens (tertiary/aromatic N) is 7. The molecule has 32 heavy (non-hydrogen) atoms. The molecule has 0 aliphatic carbocycles. The average Bonchev–Trinajstić information content (AvgIpc) is 3.36. The number of hydrogen-bond donors (Lipinski definition) is 1. The van der Waals surface area contributed by atoms with Crippen LogP contribution in [0.1, 0.15) is 36.7 Å². The van der Waals surface area contributed by atoms with Crippen LogP contribution in [0.15, 0.2) is 36.8 Å². The molecule has 0 spiro atoms. The topological polar surface area (TPSA) is 92.1 Å². The van der Waals surface area contributed by atoms with Crippen molar-refractivity contribution in [2.75, 3.05) is 29.4 Å². The molecule has 1 fully saturated rings. The molecule has 9 heteroatoms. The van der Waals surface area contributed by atoms with Crippen LogP contribution in [0.25, 0.3) is 11.3 Å². The van der Waals surface area contributed by atoms with E-state index in [0.29, 0.717) is 24.0 Å². The van der Waals surface area contributed by atoms with E-state index in [9.17, 15) is 4.79 Å². The third kappa shape index (κ3) is 3.73. The Labute approximate surface area is 187 Å². The lowest BCUT2D eigenvalue weighted by atomic mass is 9.85. The Morgan fingerprint density at radius 3 is 2.59 bits per heavy atom. The highest BCUT2D eigenvalue weighted by atomic mass is 16.2. The van der Waals surface area contributed by atoms with Crippen LogP contribution < -0.4 is 15.1 Å². The van der Waals surface area contributed by atoms with Gasteiger partial charge in [0.25, 0.3) is 5.91 Å². The summed E-state index contributed by atoms with van der Waals surface area (Å²) in [5.41, 5.74) is 3.34. The normalized spacial score (nSPS) is 18.9. The fourth-order valence-electron chi connectivity index (χ4n) is 4.26. The molecule has 1 N–H and O–H groups in total. The Balaban J connectivity index is 1.33. The highest BCUT2D eigenvalue weighted by Crippen LogP contribution is 2.30. The van der Waals surface area contributed by atoms with E-state index in [-0.39, 0.29) is 11.3 Å². The summed E-state index contributed by atoms with van der Waals surface area (Å²) in [6.45, 7) is 9.86. The molecule has 166 valence electrons. The summed E-state index contributed by atoms with van der Waals surface area (Å²) in [7, 11) is 1.86. The first-order valence-corrected chi connectivity index (χ1v) is 10.9. The Bertz CT molecular complexity index is 1150. The second-order valence-corrected chi connectivity index (χ2v) is 9.59. The molecule has 1 saturated heterocycles. The van der Waals surface area contributed by atoms with Crippen LogP contribution in [-0.2, 0) is 13.6 Å². The SMILES string of the molecule is Cn1cc(-c2cc3c(cn2)CN(c2ccc(N4CCN[C@@H](C(C)(C)C)C4)nn2)C3=O)cn1. The highest BCUT2D eigenvalue weighted by Gasteiger charge is 2.32. The van der Waals surface area contributed by atoms with Gasteiger partial charge in [0.15, 0.2) is 11.6 Å². The van der Waals surface area contributed by atoms with Gasteiger partial charge in [0.1, 0.15) is 0 Å². The summed E-state index contributed by atoms with van der Waals surface area (Å²) in [6, 6.07) is 6.07. The van der Waals surface area contributed by atoms with Crippen LogP contribution >= 0.6 is 0 Å². The van der Waals surface area contributed by atoms with Gasteiger partial charge in [-0.25, -0.2) is 0 Å². The summed E-state index contributed by atoms with van der Waals surface area (Å²) in [4.78, 5) is 21.6. The molecular formula is C23H28N8O. The molecule has 5 rings (SSSR count). The zero-order valence-corrected chi connectivity index (χ0v) is 18.9. The second kappa shape index (κ2) is 7.67. The number of rotatable bonds is 3. The number of amides is 1. The molecule has 5 heterocycles. The van der Waals surface area contributed by atoms with Gasteiger partial charge in [-0.15, -0.1) is 10.2 Å². The molecule has 1 atom stereocenters. The zero-order chi connectivity index (χ0) is 22.5. The fraction of sp³-hybridized carbons (Fsp3) is 0.435. The Kier molecular flexibility index (Phi) is 4.93. The number of aromatic nitrogens is 5. The first-order chi connectivity index (χ1) is 15.3. The lowest BCUT2D eigenvalue weighted by molar-refractivity contribution is 0.0995. The van der Waals surface area contributed by atoms with E-state index in [4.69, 9.17) is 0 Å². The molecule has 1 amide bonds. The number of pyridine rings is 1. The maximum Gasteiger partial charge on any atom is 0.260 e. The van der Waals surface area contributed by atoms with Gasteiger partial charge in [-0.3, -0.25) is 19.4 Å². The van der Waals surface area contributed by atoms with E-state index in [2.05, 4.69) is 51.3 Å². The molecule has 0 bridgehead atoms. The molecule has 0 aromatic carbocycles. The molecule has 0 radical (unpaired) electrons. The predicted octanol–water partition coefficient (Wildman–Crippen LogP) is 2.26. The van der Waals surface area contributed by atoms with Crippen LogP contribution in [0.4, 0.5) is 11.6 Å². The van der Waals surface area contributed by atoms with E-state index in [1.54, 1.807) is 22.0 Å². The number of fused-ring (bicyclic) bond motifs is 1. The molecule has 3 aromatic heterocycles. The van der Waals surface area contributed by atoms with E-state index in [1.807, 2.05) is 31.4 Å². The van der Waals surface area contributed by atoms with Crippen molar-refractivity contribution in [2.45, 2.75) is 33.4 Å². The van der Waals surface area contributed by atoms with E-state index >= 15 is 0 Å². The minimum atomic E-state index is -0.0791. The largest absolute Gasteiger partial charge is 0.352 e. The number of piperazine rings is 1. The number of anilines is 2. The first kappa shape index (κ1) is 20.6. The maximum absolute atomic E-state index is 13.1. The summed E-state index contributed by atoms with van der Waals surface area (Å²) >= 11 is 0. The number of carbonyl (C=O) groups is 1. The minimum absolute atomic E-state index is 0.0791. The van der Waals surface area contributed by atoms with Gasteiger partial charge in [-0.1, -0.05) is 20.8 Å². The van der Waals surface area contributed by atoms with Crippen LogP contribution in [-0.4, -0.2) is 56.5 Å². The predicted molar refractivity (Wildman–Crippen MR) is 122 cm³/mol. The van der Waals surface area contributed by atoms with Crippen LogP contribution in [0.3, 0.4) is 0 Å². The van der Waals surface area contributed by atoms with Gasteiger partial charge in [0.2, 0.25) is 0 Å². The van der Waals surface area contributed by atoms with Gasteiger partial charge in [-0.2, -0.15) is 5.10 Å². The monoisotopic (exact) mass is 432 g/mol. The number of hydrogen-bond acceptors (Lipinski definition) is 7. The Morgan fingerprint density at radius 2 is 1.91 bits per heavy atom. The Hall–Kier alpha value is -3.33. The van der Waals surface area contributed by atoms with E-state index < -0.39 is 0 Å². The van der Waals surface area contributed by atoms with Crippen molar-refractivity contribution >= 4 is 17.5 Å². The average molecular weight is 433 g/mol. The number of aryl methyl sites for hydroxylation is 1. The molecular weight excluding hydrogens is 404 g/mol. The van der Waals surface area contributed by atoms with Crippen molar-refractivity contribution < 1.29 is 4.79 Å². The molecule has 3 aromatic rings. The molecule has 0 saturated carbocycles.